The molecule has 1 saturated heterocycles. The third kappa shape index (κ3) is 6.36. The summed E-state index contributed by atoms with van der Waals surface area (Å²) in [6.45, 7) is 7.71. The van der Waals surface area contributed by atoms with Gasteiger partial charge in [0.2, 0.25) is 5.91 Å². The second kappa shape index (κ2) is 10.9. The molecule has 1 fully saturated rings. The third-order valence-corrected chi connectivity index (χ3v) is 7.61. The molecular weight excluding hydrogens is 484 g/mol. The summed E-state index contributed by atoms with van der Waals surface area (Å²) in [6, 6.07) is 16.3. The predicted octanol–water partition coefficient (Wildman–Crippen LogP) is 7.05. The fraction of sp³-hybridized carbons (Fsp3) is 0.481. The summed E-state index contributed by atoms with van der Waals surface area (Å²) < 4.78 is 1.16. The van der Waals surface area contributed by atoms with Crippen molar-refractivity contribution < 1.29 is 4.79 Å². The molecule has 0 spiro atoms. The molecule has 2 aromatic carbocycles. The van der Waals surface area contributed by atoms with Crippen LogP contribution in [0.5, 0.6) is 0 Å². The Balaban J connectivity index is 1.71. The largest absolute Gasteiger partial charge is 0.342 e. The summed E-state index contributed by atoms with van der Waals surface area (Å²) in [6.07, 6.45) is 5.15. The van der Waals surface area contributed by atoms with Gasteiger partial charge in [-0.2, -0.15) is 5.26 Å². The zero-order chi connectivity index (χ0) is 23.3. The Hall–Kier alpha value is -1.83. The number of nitriles is 1. The van der Waals surface area contributed by atoms with Gasteiger partial charge in [0.1, 0.15) is 6.07 Å². The van der Waals surface area contributed by atoms with Crippen molar-refractivity contribution in [2.24, 2.45) is 17.3 Å². The fourth-order valence-corrected chi connectivity index (χ4v) is 5.37. The van der Waals surface area contributed by atoms with Gasteiger partial charge in [-0.1, -0.05) is 72.6 Å². The Labute approximate surface area is 205 Å². The first kappa shape index (κ1) is 24.8. The lowest BCUT2D eigenvalue weighted by molar-refractivity contribution is -0.138. The van der Waals surface area contributed by atoms with Gasteiger partial charge in [-0.25, -0.2) is 0 Å². The molecule has 0 aliphatic carbocycles. The van der Waals surface area contributed by atoms with E-state index in [9.17, 15) is 4.79 Å². The molecule has 2 aromatic rings. The maximum Gasteiger partial charge on any atom is 0.227 e. The Morgan fingerprint density at radius 1 is 1.22 bits per heavy atom. The maximum absolute atomic E-state index is 12.8. The Morgan fingerprint density at radius 3 is 2.59 bits per heavy atom. The third-order valence-electron chi connectivity index (χ3n) is 6.52. The number of aryl methyl sites for hydroxylation is 2. The molecular formula is C27H32BrClN2O. The molecule has 0 saturated carbocycles. The van der Waals surface area contributed by atoms with E-state index in [1.165, 1.54) is 11.1 Å². The van der Waals surface area contributed by atoms with Crippen LogP contribution in [0.25, 0.3) is 0 Å². The molecule has 3 rings (SSSR count). The van der Waals surface area contributed by atoms with Crippen LogP contribution < -0.4 is 0 Å². The molecule has 0 N–H and O–H groups in total. The number of nitrogens with zero attached hydrogens (tertiary/aromatic N) is 2. The van der Waals surface area contributed by atoms with Gasteiger partial charge >= 0.3 is 0 Å². The fourth-order valence-electron chi connectivity index (χ4n) is 4.65. The van der Waals surface area contributed by atoms with Gasteiger partial charge in [0.15, 0.2) is 0 Å². The average Bonchev–Trinajstić information content (AvgIpc) is 3.23. The molecule has 2 atom stereocenters. The first-order chi connectivity index (χ1) is 15.2. The van der Waals surface area contributed by atoms with E-state index in [-0.39, 0.29) is 11.3 Å². The summed E-state index contributed by atoms with van der Waals surface area (Å²) in [4.78, 5) is 14.9. The first-order valence-electron chi connectivity index (χ1n) is 11.4. The molecule has 5 heteroatoms. The summed E-state index contributed by atoms with van der Waals surface area (Å²) in [5.41, 5.74) is 2.69. The van der Waals surface area contributed by atoms with Gasteiger partial charge < -0.3 is 4.90 Å². The first-order valence-corrected chi connectivity index (χ1v) is 12.6. The van der Waals surface area contributed by atoms with E-state index in [0.29, 0.717) is 22.4 Å². The lowest BCUT2D eigenvalue weighted by Gasteiger charge is -2.28. The molecule has 3 nitrogen and oxygen atoms in total. The number of hydrogen-bond acceptors (Lipinski definition) is 2. The van der Waals surface area contributed by atoms with E-state index in [2.05, 4.69) is 45.1 Å². The number of hydrogen-bond donors (Lipinski definition) is 0. The van der Waals surface area contributed by atoms with Crippen LogP contribution >= 0.6 is 27.5 Å². The second-order valence-electron chi connectivity index (χ2n) is 9.90. The number of amides is 1. The van der Waals surface area contributed by atoms with Crippen molar-refractivity contribution in [1.29, 1.82) is 5.26 Å². The lowest BCUT2D eigenvalue weighted by Crippen LogP contribution is -2.38. The highest BCUT2D eigenvalue weighted by atomic mass is 79.9. The molecule has 0 bridgehead atoms. The molecule has 1 heterocycles. The minimum Gasteiger partial charge on any atom is -0.342 e. The van der Waals surface area contributed by atoms with Gasteiger partial charge in [0.05, 0.1) is 10.6 Å². The van der Waals surface area contributed by atoms with Gasteiger partial charge in [-0.3, -0.25) is 4.79 Å². The van der Waals surface area contributed by atoms with E-state index in [0.717, 1.165) is 49.7 Å². The van der Waals surface area contributed by atoms with E-state index >= 15 is 0 Å². The van der Waals surface area contributed by atoms with Crippen LogP contribution in [0.4, 0.5) is 0 Å². The van der Waals surface area contributed by atoms with Crippen molar-refractivity contribution in [3.63, 3.8) is 0 Å². The van der Waals surface area contributed by atoms with E-state index in [1.807, 2.05) is 45.0 Å². The SMILES string of the molecule is CC(C)(C)C(=O)N1CC[C@H](C(CCc2ccc(C#N)c(Cl)c2)CCc2ccccc2Br)C1. The number of halogens is 2. The minimum atomic E-state index is -0.335. The number of benzene rings is 2. The summed E-state index contributed by atoms with van der Waals surface area (Å²) in [7, 11) is 0. The smallest absolute Gasteiger partial charge is 0.227 e. The van der Waals surface area contributed by atoms with Crippen molar-refractivity contribution in [3.8, 4) is 6.07 Å². The highest BCUT2D eigenvalue weighted by Crippen LogP contribution is 2.34. The van der Waals surface area contributed by atoms with Crippen LogP contribution in [-0.2, 0) is 17.6 Å². The second-order valence-corrected chi connectivity index (χ2v) is 11.2. The monoisotopic (exact) mass is 514 g/mol. The van der Waals surface area contributed by atoms with Gasteiger partial charge in [-0.15, -0.1) is 0 Å². The minimum absolute atomic E-state index is 0.253. The van der Waals surface area contributed by atoms with Crippen LogP contribution in [0, 0.1) is 28.6 Å². The molecule has 0 radical (unpaired) electrons. The molecule has 1 unspecified atom stereocenters. The topological polar surface area (TPSA) is 44.1 Å². The molecule has 170 valence electrons. The quantitative estimate of drug-likeness (QED) is 0.396. The van der Waals surface area contributed by atoms with E-state index in [1.54, 1.807) is 0 Å². The van der Waals surface area contributed by atoms with Crippen LogP contribution in [0.1, 0.15) is 56.7 Å². The maximum atomic E-state index is 12.8. The standard InChI is InChI=1S/C27H32BrClN2O/c1-27(2,3)26(32)31-15-14-23(18-31)20(12-13-21-6-4-5-7-24(21)28)10-8-19-9-11-22(17-30)25(29)16-19/h4-7,9,11,16,20,23H,8,10,12-15,18H2,1-3H3/t20?,23-/m0/s1. The summed E-state index contributed by atoms with van der Waals surface area (Å²) >= 11 is 9.94. The molecule has 1 amide bonds. The number of carbonyl (C=O) groups is 1. The zero-order valence-corrected chi connectivity index (χ0v) is 21.5. The normalized spacial score (nSPS) is 17.2. The number of likely N-dealkylation sites (tertiary alicyclic amines) is 1. The summed E-state index contributed by atoms with van der Waals surface area (Å²) in [5, 5.41) is 9.65. The highest BCUT2D eigenvalue weighted by Gasteiger charge is 2.35. The van der Waals surface area contributed by atoms with Crippen molar-refractivity contribution in [2.75, 3.05) is 13.1 Å². The van der Waals surface area contributed by atoms with Crippen LogP contribution in [-0.4, -0.2) is 23.9 Å². The van der Waals surface area contributed by atoms with Crippen LogP contribution in [0.3, 0.4) is 0 Å². The molecule has 32 heavy (non-hydrogen) atoms. The highest BCUT2D eigenvalue weighted by molar-refractivity contribution is 9.10. The van der Waals surface area contributed by atoms with E-state index in [4.69, 9.17) is 16.9 Å². The van der Waals surface area contributed by atoms with Crippen molar-refractivity contribution in [3.05, 3.63) is 68.7 Å². The molecule has 1 aliphatic heterocycles. The van der Waals surface area contributed by atoms with Crippen LogP contribution in [0.2, 0.25) is 5.02 Å². The van der Waals surface area contributed by atoms with Crippen molar-refractivity contribution in [1.82, 2.24) is 4.90 Å². The molecule has 0 aromatic heterocycles. The predicted molar refractivity (Wildman–Crippen MR) is 135 cm³/mol. The van der Waals surface area contributed by atoms with E-state index < -0.39 is 0 Å². The Kier molecular flexibility index (Phi) is 8.42. The number of rotatable bonds is 7. The van der Waals surface area contributed by atoms with Gasteiger partial charge in [0.25, 0.3) is 0 Å². The van der Waals surface area contributed by atoms with Crippen molar-refractivity contribution >= 4 is 33.4 Å². The zero-order valence-electron chi connectivity index (χ0n) is 19.2. The summed E-state index contributed by atoms with van der Waals surface area (Å²) in [5.74, 6) is 1.29. The lowest BCUT2D eigenvalue weighted by atomic mass is 9.82. The van der Waals surface area contributed by atoms with Crippen LogP contribution in [0.15, 0.2) is 46.9 Å². The number of carbonyl (C=O) groups excluding carboxylic acids is 1. The van der Waals surface area contributed by atoms with Gasteiger partial charge in [-0.05, 0) is 73.3 Å². The molecule has 1 aliphatic rings. The van der Waals surface area contributed by atoms with Crippen molar-refractivity contribution in [2.45, 2.75) is 52.9 Å². The Bertz CT molecular complexity index is 992. The van der Waals surface area contributed by atoms with Gasteiger partial charge in [0, 0.05) is 23.0 Å². The average molecular weight is 516 g/mol. The Morgan fingerprint density at radius 2 is 1.94 bits per heavy atom.